The van der Waals surface area contributed by atoms with Crippen molar-refractivity contribution in [2.75, 3.05) is 0 Å². The van der Waals surface area contributed by atoms with Crippen molar-refractivity contribution in [1.82, 2.24) is 0 Å². The molecule has 0 aliphatic heterocycles. The van der Waals surface area contributed by atoms with Gasteiger partial charge in [0.1, 0.15) is 6.10 Å². The summed E-state index contributed by atoms with van der Waals surface area (Å²) < 4.78 is 0. The fourth-order valence-electron chi connectivity index (χ4n) is 1.39. The summed E-state index contributed by atoms with van der Waals surface area (Å²) in [5, 5.41) is 8.45. The van der Waals surface area contributed by atoms with Crippen molar-refractivity contribution >= 4 is 0 Å². The Hall–Kier alpha value is -0.600. The van der Waals surface area contributed by atoms with Crippen LogP contribution < -0.4 is 0 Å². The zero-order valence-electron chi connectivity index (χ0n) is 7.16. The third-order valence-electron chi connectivity index (χ3n) is 2.07. The zero-order chi connectivity index (χ0) is 8.43. The van der Waals surface area contributed by atoms with Crippen LogP contribution in [0, 0.1) is 5.92 Å². The highest BCUT2D eigenvalue weighted by molar-refractivity contribution is 5.38. The summed E-state index contributed by atoms with van der Waals surface area (Å²) in [6.07, 6.45) is 3.67. The minimum Gasteiger partial charge on any atom is -0.251 e. The van der Waals surface area contributed by atoms with Gasteiger partial charge in [-0.3, -0.25) is 5.26 Å². The maximum absolute atomic E-state index is 8.45. The van der Waals surface area contributed by atoms with E-state index in [0.29, 0.717) is 5.92 Å². The van der Waals surface area contributed by atoms with Crippen molar-refractivity contribution in [3.63, 3.8) is 0 Å². The van der Waals surface area contributed by atoms with Gasteiger partial charge in [0.2, 0.25) is 0 Å². The lowest BCUT2D eigenvalue weighted by atomic mass is 10.0. The monoisotopic (exact) mass is 154 g/mol. The topological polar surface area (TPSA) is 29.5 Å². The summed E-state index contributed by atoms with van der Waals surface area (Å²) in [5.41, 5.74) is 2.38. The van der Waals surface area contributed by atoms with Crippen LogP contribution >= 0.6 is 0 Å². The van der Waals surface area contributed by atoms with Crippen LogP contribution in [-0.4, -0.2) is 11.4 Å². The molecule has 0 aromatic carbocycles. The normalized spacial score (nSPS) is 23.9. The molecule has 0 fully saturated rings. The SMILES string of the molecule is CC1=C(C(C)C)C=CC1OO. The molecular formula is C9H14O2. The largest absolute Gasteiger partial charge is 0.251 e. The highest BCUT2D eigenvalue weighted by Crippen LogP contribution is 2.26. The Morgan fingerprint density at radius 2 is 2.18 bits per heavy atom. The van der Waals surface area contributed by atoms with Gasteiger partial charge in [-0.2, -0.15) is 0 Å². The second kappa shape index (κ2) is 3.20. The van der Waals surface area contributed by atoms with E-state index in [4.69, 9.17) is 5.26 Å². The lowest BCUT2D eigenvalue weighted by Crippen LogP contribution is -2.07. The van der Waals surface area contributed by atoms with E-state index in [2.05, 4.69) is 18.7 Å². The van der Waals surface area contributed by atoms with Gasteiger partial charge in [0.25, 0.3) is 0 Å². The Bertz CT molecular complexity index is 202. The quantitative estimate of drug-likeness (QED) is 0.488. The standard InChI is InChI=1S/C9H14O2/c1-6(2)8-4-5-9(11-10)7(8)3/h4-6,9-10H,1-3H3. The van der Waals surface area contributed by atoms with Gasteiger partial charge in [-0.25, -0.2) is 4.89 Å². The summed E-state index contributed by atoms with van der Waals surface area (Å²) in [4.78, 5) is 4.26. The van der Waals surface area contributed by atoms with Crippen LogP contribution in [0.3, 0.4) is 0 Å². The summed E-state index contributed by atoms with van der Waals surface area (Å²) in [7, 11) is 0. The van der Waals surface area contributed by atoms with Crippen molar-refractivity contribution in [2.24, 2.45) is 5.92 Å². The van der Waals surface area contributed by atoms with Crippen LogP contribution in [0.5, 0.6) is 0 Å². The molecule has 0 radical (unpaired) electrons. The van der Waals surface area contributed by atoms with Crippen molar-refractivity contribution in [1.29, 1.82) is 0 Å². The first-order chi connectivity index (χ1) is 5.16. The Balaban J connectivity index is 2.81. The Morgan fingerprint density at radius 1 is 1.55 bits per heavy atom. The van der Waals surface area contributed by atoms with E-state index >= 15 is 0 Å². The number of hydrogen-bond acceptors (Lipinski definition) is 2. The van der Waals surface area contributed by atoms with Crippen LogP contribution in [0.4, 0.5) is 0 Å². The average Bonchev–Trinajstić information content (AvgIpc) is 2.30. The van der Waals surface area contributed by atoms with Crippen LogP contribution in [0.15, 0.2) is 23.3 Å². The highest BCUT2D eigenvalue weighted by Gasteiger charge is 2.18. The van der Waals surface area contributed by atoms with E-state index in [1.54, 1.807) is 0 Å². The van der Waals surface area contributed by atoms with Gasteiger partial charge in [0.15, 0.2) is 0 Å². The summed E-state index contributed by atoms with van der Waals surface area (Å²) in [6, 6.07) is 0. The number of rotatable bonds is 2. The van der Waals surface area contributed by atoms with Gasteiger partial charge in [-0.05, 0) is 30.1 Å². The first kappa shape index (κ1) is 8.50. The van der Waals surface area contributed by atoms with Crippen molar-refractivity contribution in [3.8, 4) is 0 Å². The summed E-state index contributed by atoms with van der Waals surface area (Å²) in [5.74, 6) is 0.506. The molecule has 1 rings (SSSR count). The second-order valence-electron chi connectivity index (χ2n) is 3.18. The molecule has 1 aliphatic carbocycles. The molecule has 0 bridgehead atoms. The Kier molecular flexibility index (Phi) is 2.47. The van der Waals surface area contributed by atoms with Gasteiger partial charge in [-0.15, -0.1) is 0 Å². The van der Waals surface area contributed by atoms with E-state index in [1.165, 1.54) is 5.57 Å². The molecule has 2 heteroatoms. The van der Waals surface area contributed by atoms with E-state index in [0.717, 1.165) is 5.57 Å². The molecule has 0 amide bonds. The molecule has 1 aliphatic rings. The second-order valence-corrected chi connectivity index (χ2v) is 3.18. The van der Waals surface area contributed by atoms with E-state index in [1.807, 2.05) is 19.1 Å². The maximum Gasteiger partial charge on any atom is 0.133 e. The van der Waals surface area contributed by atoms with E-state index in [-0.39, 0.29) is 6.10 Å². The van der Waals surface area contributed by atoms with Crippen molar-refractivity contribution < 1.29 is 10.1 Å². The van der Waals surface area contributed by atoms with Gasteiger partial charge < -0.3 is 0 Å². The number of allylic oxidation sites excluding steroid dienone is 2. The molecule has 0 saturated heterocycles. The number of hydrogen-bond donors (Lipinski definition) is 1. The smallest absolute Gasteiger partial charge is 0.133 e. The van der Waals surface area contributed by atoms with Gasteiger partial charge in [-0.1, -0.05) is 19.9 Å². The third-order valence-corrected chi connectivity index (χ3v) is 2.07. The molecule has 11 heavy (non-hydrogen) atoms. The molecule has 1 unspecified atom stereocenters. The lowest BCUT2D eigenvalue weighted by molar-refractivity contribution is -0.256. The molecule has 0 spiro atoms. The van der Waals surface area contributed by atoms with E-state index < -0.39 is 0 Å². The average molecular weight is 154 g/mol. The maximum atomic E-state index is 8.45. The van der Waals surface area contributed by atoms with Crippen molar-refractivity contribution in [2.45, 2.75) is 26.9 Å². The summed E-state index contributed by atoms with van der Waals surface area (Å²) >= 11 is 0. The van der Waals surface area contributed by atoms with Crippen molar-refractivity contribution in [3.05, 3.63) is 23.3 Å². The fraction of sp³-hybridized carbons (Fsp3) is 0.556. The van der Waals surface area contributed by atoms with E-state index in [9.17, 15) is 0 Å². The Morgan fingerprint density at radius 3 is 2.45 bits per heavy atom. The van der Waals surface area contributed by atoms with Gasteiger partial charge >= 0.3 is 0 Å². The van der Waals surface area contributed by atoms with Crippen LogP contribution in [-0.2, 0) is 4.89 Å². The van der Waals surface area contributed by atoms with Crippen LogP contribution in [0.1, 0.15) is 20.8 Å². The Labute approximate surface area is 67.1 Å². The molecule has 0 aromatic rings. The summed E-state index contributed by atoms with van der Waals surface area (Å²) in [6.45, 7) is 6.24. The van der Waals surface area contributed by atoms with Crippen LogP contribution in [0.2, 0.25) is 0 Å². The molecule has 0 aromatic heterocycles. The van der Waals surface area contributed by atoms with Gasteiger partial charge in [0.05, 0.1) is 0 Å². The first-order valence-corrected chi connectivity index (χ1v) is 3.86. The first-order valence-electron chi connectivity index (χ1n) is 3.86. The molecule has 1 atom stereocenters. The molecule has 62 valence electrons. The van der Waals surface area contributed by atoms with Crippen LogP contribution in [0.25, 0.3) is 0 Å². The fourth-order valence-corrected chi connectivity index (χ4v) is 1.39. The highest BCUT2D eigenvalue weighted by atomic mass is 17.1. The zero-order valence-corrected chi connectivity index (χ0v) is 7.16. The van der Waals surface area contributed by atoms with Gasteiger partial charge in [0, 0.05) is 0 Å². The molecule has 1 N–H and O–H groups in total. The minimum absolute atomic E-state index is 0.215. The molecule has 0 saturated carbocycles. The minimum atomic E-state index is -0.215. The molecular weight excluding hydrogens is 140 g/mol. The lowest BCUT2D eigenvalue weighted by Gasteiger charge is -2.09. The predicted molar refractivity (Wildman–Crippen MR) is 44.2 cm³/mol. The third kappa shape index (κ3) is 1.52. The predicted octanol–water partition coefficient (Wildman–Crippen LogP) is 2.39. The molecule has 2 nitrogen and oxygen atoms in total. The molecule has 0 heterocycles.